The fraction of sp³-hybridized carbons (Fsp3) is 0.281. The number of aromatic amines is 1. The van der Waals surface area contributed by atoms with Crippen molar-refractivity contribution in [1.82, 2.24) is 39.6 Å². The molecule has 1 fully saturated rings. The SMILES string of the molecule is Cc1noc([C@H]2O[C@@H](n3cnc4c(NCC(c5ccccc5)c5ccccc5)nc(NCCc5c[nH]cn5)nc43)[C@H](OC=O)[C@@H]2O)n1. The molecule has 4 atom stereocenters. The number of aliphatic hydroxyl groups excluding tert-OH is 1. The number of hydrogen-bond donors (Lipinski definition) is 4. The minimum atomic E-state index is -1.30. The summed E-state index contributed by atoms with van der Waals surface area (Å²) in [7, 11) is 0. The molecule has 0 spiro atoms. The van der Waals surface area contributed by atoms with Crippen molar-refractivity contribution in [3.8, 4) is 0 Å². The number of carbonyl (C=O) groups excluding carboxylic acids is 1. The van der Waals surface area contributed by atoms with Crippen LogP contribution >= 0.6 is 0 Å². The molecule has 7 rings (SSSR count). The first-order chi connectivity index (χ1) is 23.1. The molecular weight excluding hydrogens is 604 g/mol. The number of benzene rings is 2. The molecule has 47 heavy (non-hydrogen) atoms. The number of aromatic nitrogens is 8. The summed E-state index contributed by atoms with van der Waals surface area (Å²) in [6.45, 7) is 2.94. The number of nitrogens with one attached hydrogen (secondary N) is 3. The van der Waals surface area contributed by atoms with Crippen LogP contribution in [0.1, 0.15) is 46.8 Å². The molecule has 0 radical (unpaired) electrons. The Kier molecular flexibility index (Phi) is 8.53. The van der Waals surface area contributed by atoms with Gasteiger partial charge in [-0.25, -0.2) is 9.97 Å². The highest BCUT2D eigenvalue weighted by molar-refractivity contribution is 5.84. The summed E-state index contributed by atoms with van der Waals surface area (Å²) < 4.78 is 18.4. The Morgan fingerprint density at radius 3 is 2.47 bits per heavy atom. The summed E-state index contributed by atoms with van der Waals surface area (Å²) >= 11 is 0. The van der Waals surface area contributed by atoms with Crippen molar-refractivity contribution in [2.24, 2.45) is 0 Å². The molecule has 4 N–H and O–H groups in total. The molecule has 0 bridgehead atoms. The van der Waals surface area contributed by atoms with E-state index in [0.717, 1.165) is 16.8 Å². The highest BCUT2D eigenvalue weighted by Gasteiger charge is 2.50. The number of H-pyrrole nitrogens is 1. The zero-order chi connectivity index (χ0) is 32.2. The van der Waals surface area contributed by atoms with Crippen molar-refractivity contribution in [2.45, 2.75) is 43.8 Å². The molecule has 6 aromatic rings. The van der Waals surface area contributed by atoms with Gasteiger partial charge in [0.15, 0.2) is 41.2 Å². The number of rotatable bonds is 13. The number of anilines is 2. The number of aryl methyl sites for hydroxylation is 1. The van der Waals surface area contributed by atoms with Crippen LogP contribution in [0.4, 0.5) is 11.8 Å². The summed E-state index contributed by atoms with van der Waals surface area (Å²) in [5.41, 5.74) is 4.02. The van der Waals surface area contributed by atoms with Gasteiger partial charge in [0.25, 0.3) is 12.4 Å². The maximum absolute atomic E-state index is 11.5. The van der Waals surface area contributed by atoms with Crippen LogP contribution in [-0.4, -0.2) is 76.5 Å². The van der Waals surface area contributed by atoms with E-state index < -0.39 is 24.5 Å². The summed E-state index contributed by atoms with van der Waals surface area (Å²) in [5.74, 6) is 1.27. The predicted molar refractivity (Wildman–Crippen MR) is 168 cm³/mol. The lowest BCUT2D eigenvalue weighted by atomic mass is 9.91. The first-order valence-corrected chi connectivity index (χ1v) is 15.1. The van der Waals surface area contributed by atoms with E-state index in [-0.39, 0.29) is 18.3 Å². The van der Waals surface area contributed by atoms with E-state index in [9.17, 15) is 9.90 Å². The minimum absolute atomic E-state index is 0.0119. The quantitative estimate of drug-likeness (QED) is 0.135. The molecule has 1 aliphatic heterocycles. The first kappa shape index (κ1) is 30.0. The van der Waals surface area contributed by atoms with Crippen LogP contribution < -0.4 is 10.6 Å². The number of aliphatic hydroxyl groups is 1. The molecule has 5 heterocycles. The van der Waals surface area contributed by atoms with Gasteiger partial charge in [-0.15, -0.1) is 0 Å². The second-order valence-electron chi connectivity index (χ2n) is 11.0. The molecule has 0 amide bonds. The first-order valence-electron chi connectivity index (χ1n) is 15.1. The summed E-state index contributed by atoms with van der Waals surface area (Å²) in [4.78, 5) is 37.2. The molecule has 0 unspecified atom stereocenters. The molecule has 240 valence electrons. The average molecular weight is 637 g/mol. The lowest BCUT2D eigenvalue weighted by molar-refractivity contribution is -0.142. The monoisotopic (exact) mass is 636 g/mol. The number of imidazole rings is 2. The second kappa shape index (κ2) is 13.4. The molecule has 15 heteroatoms. The third-order valence-corrected chi connectivity index (χ3v) is 8.01. The van der Waals surface area contributed by atoms with Gasteiger partial charge in [0.1, 0.15) is 6.10 Å². The van der Waals surface area contributed by atoms with Gasteiger partial charge in [-0.3, -0.25) is 9.36 Å². The Morgan fingerprint density at radius 2 is 1.81 bits per heavy atom. The fourth-order valence-electron chi connectivity index (χ4n) is 5.75. The highest BCUT2D eigenvalue weighted by Crippen LogP contribution is 2.41. The maximum Gasteiger partial charge on any atom is 0.293 e. The Balaban J connectivity index is 1.24. The van der Waals surface area contributed by atoms with Crippen LogP contribution in [0.25, 0.3) is 11.2 Å². The van der Waals surface area contributed by atoms with Gasteiger partial charge in [-0.05, 0) is 18.1 Å². The van der Waals surface area contributed by atoms with E-state index in [1.54, 1.807) is 17.8 Å². The number of carbonyl (C=O) groups is 1. The Labute approximate surface area is 268 Å². The highest BCUT2D eigenvalue weighted by atomic mass is 16.6. The third kappa shape index (κ3) is 6.25. The van der Waals surface area contributed by atoms with Crippen molar-refractivity contribution in [1.29, 1.82) is 0 Å². The second-order valence-corrected chi connectivity index (χ2v) is 11.0. The molecule has 1 aliphatic rings. The van der Waals surface area contributed by atoms with Gasteiger partial charge in [0.2, 0.25) is 5.95 Å². The molecule has 2 aromatic carbocycles. The standard InChI is InChI=1S/C32H32N10O5/c1-19-38-30(47-41-19)26-25(44)27(45-18-43)31(46-26)42-17-37-24-28(39-32(40-29(24)42)34-13-12-22-14-33-16-36-22)35-15-23(20-8-4-2-5-9-20)21-10-6-3-7-11-21/h2-11,14,16-18,23,25-27,31,44H,12-13,15H2,1H3,(H,33,36)(H2,34,35,39,40)/t25-,26+,27-,31-/m1/s1. The van der Waals surface area contributed by atoms with Gasteiger partial charge < -0.3 is 34.7 Å². The fourth-order valence-corrected chi connectivity index (χ4v) is 5.75. The molecule has 0 saturated carbocycles. The molecule has 15 nitrogen and oxygen atoms in total. The van der Waals surface area contributed by atoms with E-state index in [0.29, 0.717) is 48.3 Å². The average Bonchev–Trinajstić information content (AvgIpc) is 3.91. The van der Waals surface area contributed by atoms with Gasteiger partial charge in [-0.1, -0.05) is 65.8 Å². The van der Waals surface area contributed by atoms with E-state index in [1.807, 2.05) is 42.6 Å². The van der Waals surface area contributed by atoms with E-state index in [2.05, 4.69) is 60.0 Å². The lowest BCUT2D eigenvalue weighted by Gasteiger charge is -2.21. The zero-order valence-electron chi connectivity index (χ0n) is 25.3. The summed E-state index contributed by atoms with van der Waals surface area (Å²) in [6, 6.07) is 20.5. The van der Waals surface area contributed by atoms with Crippen LogP contribution in [0.3, 0.4) is 0 Å². The van der Waals surface area contributed by atoms with Crippen molar-refractivity contribution >= 4 is 29.4 Å². The predicted octanol–water partition coefficient (Wildman–Crippen LogP) is 3.31. The Morgan fingerprint density at radius 1 is 1.04 bits per heavy atom. The number of ether oxygens (including phenoxy) is 2. The maximum atomic E-state index is 11.5. The van der Waals surface area contributed by atoms with Gasteiger partial charge in [0, 0.05) is 31.6 Å². The largest absolute Gasteiger partial charge is 0.457 e. The van der Waals surface area contributed by atoms with Gasteiger partial charge in [0.05, 0.1) is 18.3 Å². The lowest BCUT2D eigenvalue weighted by Crippen LogP contribution is -2.32. The van der Waals surface area contributed by atoms with Crippen molar-refractivity contribution in [3.63, 3.8) is 0 Å². The van der Waals surface area contributed by atoms with Crippen molar-refractivity contribution < 1.29 is 23.9 Å². The molecule has 1 saturated heterocycles. The zero-order valence-corrected chi connectivity index (χ0v) is 25.3. The number of fused-ring (bicyclic) bond motifs is 1. The Hall–Kier alpha value is -5.67. The van der Waals surface area contributed by atoms with Gasteiger partial charge in [-0.2, -0.15) is 15.0 Å². The van der Waals surface area contributed by atoms with Crippen LogP contribution in [0.2, 0.25) is 0 Å². The molecular formula is C32H32N10O5. The normalized spacial score (nSPS) is 19.3. The molecule has 0 aliphatic carbocycles. The van der Waals surface area contributed by atoms with Crippen molar-refractivity contribution in [2.75, 3.05) is 23.7 Å². The Bertz CT molecular complexity index is 1880. The van der Waals surface area contributed by atoms with Crippen LogP contribution in [0, 0.1) is 6.92 Å². The number of hydrogen-bond acceptors (Lipinski definition) is 13. The third-order valence-electron chi connectivity index (χ3n) is 8.01. The van der Waals surface area contributed by atoms with Crippen LogP contribution in [0.15, 0.2) is 84.0 Å². The van der Waals surface area contributed by atoms with E-state index >= 15 is 0 Å². The topological polar surface area (TPSA) is 191 Å². The van der Waals surface area contributed by atoms with Crippen molar-refractivity contribution in [3.05, 3.63) is 108 Å². The minimum Gasteiger partial charge on any atom is -0.457 e. The van der Waals surface area contributed by atoms with E-state index in [4.69, 9.17) is 24.0 Å². The van der Waals surface area contributed by atoms with Crippen LogP contribution in [-0.2, 0) is 20.7 Å². The smallest absolute Gasteiger partial charge is 0.293 e. The van der Waals surface area contributed by atoms with Crippen LogP contribution in [0.5, 0.6) is 0 Å². The summed E-state index contributed by atoms with van der Waals surface area (Å²) in [6.07, 6.45) is 1.13. The van der Waals surface area contributed by atoms with E-state index in [1.165, 1.54) is 6.33 Å². The molecule has 4 aromatic heterocycles. The number of nitrogens with zero attached hydrogens (tertiary/aromatic N) is 7. The summed E-state index contributed by atoms with van der Waals surface area (Å²) in [5, 5.41) is 21.7. The van der Waals surface area contributed by atoms with Gasteiger partial charge >= 0.3 is 0 Å².